The first-order valence-corrected chi connectivity index (χ1v) is 6.93. The zero-order valence-electron chi connectivity index (χ0n) is 11.2. The predicted octanol–water partition coefficient (Wildman–Crippen LogP) is 3.62. The number of halogens is 2. The van der Waals surface area contributed by atoms with Crippen molar-refractivity contribution in [1.29, 1.82) is 0 Å². The second kappa shape index (κ2) is 6.58. The number of hydrogen-bond donors (Lipinski definition) is 2. The molecule has 2 N–H and O–H groups in total. The van der Waals surface area contributed by atoms with Crippen LogP contribution in [0.5, 0.6) is 11.5 Å². The number of phenols is 1. The second-order valence-electron chi connectivity index (χ2n) is 4.39. The van der Waals surface area contributed by atoms with Gasteiger partial charge in [0, 0.05) is 5.69 Å². The van der Waals surface area contributed by atoms with Crippen LogP contribution in [-0.2, 0) is 4.79 Å². The van der Waals surface area contributed by atoms with Crippen molar-refractivity contribution in [3.8, 4) is 11.5 Å². The number of aromatic hydroxyl groups is 1. The predicted molar refractivity (Wildman–Crippen MR) is 81.1 cm³/mol. The van der Waals surface area contributed by atoms with Gasteiger partial charge in [-0.1, -0.05) is 12.1 Å². The molecule has 0 aliphatic heterocycles. The fourth-order valence-electron chi connectivity index (χ4n) is 1.71. The lowest BCUT2D eigenvalue weighted by atomic mass is 10.2. The molecule has 0 spiro atoms. The fraction of sp³-hybridized carbons (Fsp3) is 0.133. The van der Waals surface area contributed by atoms with Crippen LogP contribution in [0.4, 0.5) is 10.1 Å². The van der Waals surface area contributed by atoms with Crippen LogP contribution in [0.2, 0.25) is 0 Å². The lowest BCUT2D eigenvalue weighted by molar-refractivity contribution is -0.118. The summed E-state index contributed by atoms with van der Waals surface area (Å²) < 4.78 is 18.9. The van der Waals surface area contributed by atoms with Crippen molar-refractivity contribution in [3.63, 3.8) is 0 Å². The highest BCUT2D eigenvalue weighted by Crippen LogP contribution is 2.30. The van der Waals surface area contributed by atoms with Gasteiger partial charge >= 0.3 is 0 Å². The Kier molecular flexibility index (Phi) is 4.80. The molecule has 0 heterocycles. The average Bonchev–Trinajstić information content (AvgIpc) is 2.44. The number of ether oxygens (including phenoxy) is 1. The number of phenolic OH excluding ortho intramolecular Hbond substituents is 1. The van der Waals surface area contributed by atoms with Crippen LogP contribution in [0.15, 0.2) is 40.9 Å². The van der Waals surface area contributed by atoms with E-state index in [1.165, 1.54) is 12.1 Å². The number of nitrogens with one attached hydrogen (secondary N) is 1. The van der Waals surface area contributed by atoms with Gasteiger partial charge in [-0.25, -0.2) is 4.39 Å². The van der Waals surface area contributed by atoms with Gasteiger partial charge in [0.15, 0.2) is 18.2 Å². The first-order valence-electron chi connectivity index (χ1n) is 6.13. The molecule has 0 fully saturated rings. The van der Waals surface area contributed by atoms with Crippen molar-refractivity contribution in [2.24, 2.45) is 0 Å². The van der Waals surface area contributed by atoms with Gasteiger partial charge in [-0.3, -0.25) is 4.79 Å². The summed E-state index contributed by atoms with van der Waals surface area (Å²) in [6, 6.07) is 9.07. The molecule has 0 atom stereocenters. The highest BCUT2D eigenvalue weighted by molar-refractivity contribution is 9.10. The summed E-state index contributed by atoms with van der Waals surface area (Å²) in [6.07, 6.45) is 0. The molecule has 0 saturated heterocycles. The Hall–Kier alpha value is -2.08. The molecule has 6 heteroatoms. The summed E-state index contributed by atoms with van der Waals surface area (Å²) in [4.78, 5) is 11.8. The molecule has 4 nitrogen and oxygen atoms in total. The number of carbonyl (C=O) groups excluding carboxylic acids is 1. The van der Waals surface area contributed by atoms with Crippen LogP contribution >= 0.6 is 15.9 Å². The Morgan fingerprint density at radius 3 is 2.76 bits per heavy atom. The number of benzene rings is 2. The van der Waals surface area contributed by atoms with E-state index in [-0.39, 0.29) is 18.1 Å². The maximum atomic E-state index is 13.3. The zero-order chi connectivity index (χ0) is 15.4. The smallest absolute Gasteiger partial charge is 0.262 e. The highest BCUT2D eigenvalue weighted by atomic mass is 79.9. The third-order valence-corrected chi connectivity index (χ3v) is 3.34. The van der Waals surface area contributed by atoms with Crippen molar-refractivity contribution in [2.75, 3.05) is 11.9 Å². The summed E-state index contributed by atoms with van der Waals surface area (Å²) in [6.45, 7) is 1.41. The summed E-state index contributed by atoms with van der Waals surface area (Å²) in [5, 5.41) is 12.2. The molecule has 0 unspecified atom stereocenters. The largest absolute Gasteiger partial charge is 0.506 e. The standard InChI is InChI=1S/C15H13BrFNO3/c1-9-6-10(7-11(16)15(9)20)18-14(19)8-21-13-5-3-2-4-12(13)17/h2-7,20H,8H2,1H3,(H,18,19). The number of hydrogen-bond acceptors (Lipinski definition) is 3. The lowest BCUT2D eigenvalue weighted by Gasteiger charge is -2.10. The third-order valence-electron chi connectivity index (χ3n) is 2.73. The number of para-hydroxylation sites is 1. The maximum Gasteiger partial charge on any atom is 0.262 e. The van der Waals surface area contributed by atoms with Crippen LogP contribution in [0.1, 0.15) is 5.56 Å². The first kappa shape index (κ1) is 15.3. The van der Waals surface area contributed by atoms with Crippen LogP contribution in [0, 0.1) is 12.7 Å². The Balaban J connectivity index is 1.98. The van der Waals surface area contributed by atoms with E-state index < -0.39 is 11.7 Å². The van der Waals surface area contributed by atoms with E-state index in [1.54, 1.807) is 31.2 Å². The second-order valence-corrected chi connectivity index (χ2v) is 5.25. The van der Waals surface area contributed by atoms with Gasteiger partial charge < -0.3 is 15.2 Å². The Labute approximate surface area is 129 Å². The van der Waals surface area contributed by atoms with E-state index in [2.05, 4.69) is 21.2 Å². The van der Waals surface area contributed by atoms with Gasteiger partial charge in [-0.2, -0.15) is 0 Å². The van der Waals surface area contributed by atoms with Gasteiger partial charge in [-0.15, -0.1) is 0 Å². The normalized spacial score (nSPS) is 10.2. The van der Waals surface area contributed by atoms with Crippen molar-refractivity contribution >= 4 is 27.5 Å². The molecule has 2 aromatic rings. The number of aryl methyl sites for hydroxylation is 1. The molecule has 0 aliphatic rings. The molecule has 110 valence electrons. The quantitative estimate of drug-likeness (QED) is 0.825. The summed E-state index contributed by atoms with van der Waals surface area (Å²) in [5.74, 6) is -0.796. The van der Waals surface area contributed by atoms with E-state index in [9.17, 15) is 14.3 Å². The molecule has 0 aliphatic carbocycles. The van der Waals surface area contributed by atoms with Gasteiger partial charge in [0.1, 0.15) is 5.75 Å². The monoisotopic (exact) mass is 353 g/mol. The number of carbonyl (C=O) groups is 1. The SMILES string of the molecule is Cc1cc(NC(=O)COc2ccccc2F)cc(Br)c1O. The number of amides is 1. The third kappa shape index (κ3) is 3.95. The molecular formula is C15H13BrFNO3. The first-order chi connectivity index (χ1) is 9.97. The minimum absolute atomic E-state index is 0.0238. The molecule has 0 aromatic heterocycles. The van der Waals surface area contributed by atoms with Gasteiger partial charge in [-0.05, 0) is 52.7 Å². The zero-order valence-corrected chi connectivity index (χ0v) is 12.8. The molecule has 21 heavy (non-hydrogen) atoms. The summed E-state index contributed by atoms with van der Waals surface area (Å²) in [7, 11) is 0. The van der Waals surface area contributed by atoms with E-state index in [1.807, 2.05) is 0 Å². The van der Waals surface area contributed by atoms with Crippen molar-refractivity contribution < 1.29 is 19.0 Å². The molecule has 0 saturated carbocycles. The van der Waals surface area contributed by atoms with Crippen LogP contribution in [0.3, 0.4) is 0 Å². The van der Waals surface area contributed by atoms with Gasteiger partial charge in [0.2, 0.25) is 0 Å². The molecule has 2 rings (SSSR count). The maximum absolute atomic E-state index is 13.3. The molecule has 0 radical (unpaired) electrons. The highest BCUT2D eigenvalue weighted by Gasteiger charge is 2.09. The van der Waals surface area contributed by atoms with Gasteiger partial charge in [0.05, 0.1) is 4.47 Å². The van der Waals surface area contributed by atoms with Crippen LogP contribution in [-0.4, -0.2) is 17.6 Å². The Morgan fingerprint density at radius 2 is 2.10 bits per heavy atom. The molecule has 2 aromatic carbocycles. The fourth-order valence-corrected chi connectivity index (χ4v) is 2.27. The van der Waals surface area contributed by atoms with Crippen molar-refractivity contribution in [1.82, 2.24) is 0 Å². The minimum Gasteiger partial charge on any atom is -0.506 e. The molecule has 0 bridgehead atoms. The van der Waals surface area contributed by atoms with E-state index in [4.69, 9.17) is 4.74 Å². The van der Waals surface area contributed by atoms with Crippen LogP contribution in [0.25, 0.3) is 0 Å². The molecule has 1 amide bonds. The Morgan fingerprint density at radius 1 is 1.38 bits per heavy atom. The van der Waals surface area contributed by atoms with E-state index in [0.29, 0.717) is 15.7 Å². The summed E-state index contributed by atoms with van der Waals surface area (Å²) in [5.41, 5.74) is 1.13. The van der Waals surface area contributed by atoms with Gasteiger partial charge in [0.25, 0.3) is 5.91 Å². The minimum atomic E-state index is -0.520. The van der Waals surface area contributed by atoms with E-state index >= 15 is 0 Å². The summed E-state index contributed by atoms with van der Waals surface area (Å²) >= 11 is 3.19. The topological polar surface area (TPSA) is 58.6 Å². The lowest BCUT2D eigenvalue weighted by Crippen LogP contribution is -2.20. The van der Waals surface area contributed by atoms with Crippen molar-refractivity contribution in [2.45, 2.75) is 6.92 Å². The average molecular weight is 354 g/mol. The number of rotatable bonds is 4. The molecular weight excluding hydrogens is 341 g/mol. The van der Waals surface area contributed by atoms with Crippen LogP contribution < -0.4 is 10.1 Å². The van der Waals surface area contributed by atoms with Crippen molar-refractivity contribution in [3.05, 3.63) is 52.3 Å². The van der Waals surface area contributed by atoms with E-state index in [0.717, 1.165) is 0 Å². The number of anilines is 1. The Bertz CT molecular complexity index is 653.